The lowest BCUT2D eigenvalue weighted by molar-refractivity contribution is 0.00492. The van der Waals surface area contributed by atoms with Crippen LogP contribution in [0.2, 0.25) is 0 Å². The van der Waals surface area contributed by atoms with Crippen LogP contribution in [0.4, 0.5) is 0 Å². The van der Waals surface area contributed by atoms with E-state index in [1.165, 1.54) is 6.42 Å². The van der Waals surface area contributed by atoms with Crippen LogP contribution >= 0.6 is 0 Å². The average Bonchev–Trinajstić information content (AvgIpc) is 2.17. The Morgan fingerprint density at radius 1 is 1.27 bits per heavy atom. The van der Waals surface area contributed by atoms with Gasteiger partial charge in [0.25, 0.3) is 0 Å². The fraction of sp³-hybridized carbons (Fsp3) is 1.00. The first-order valence-electron chi connectivity index (χ1n) is 6.24. The SMILES string of the molecule is CC(O)CCCNCC1(O)CCCCC1. The van der Waals surface area contributed by atoms with Gasteiger partial charge in [-0.15, -0.1) is 0 Å². The van der Waals surface area contributed by atoms with E-state index in [2.05, 4.69) is 5.32 Å². The Bertz CT molecular complexity index is 165. The third-order valence-electron chi connectivity index (χ3n) is 3.21. The molecule has 0 aliphatic heterocycles. The van der Waals surface area contributed by atoms with Gasteiger partial charge in [-0.2, -0.15) is 0 Å². The molecule has 0 aromatic heterocycles. The molecule has 0 heterocycles. The molecular weight excluding hydrogens is 190 g/mol. The second-order valence-electron chi connectivity index (χ2n) is 4.95. The number of nitrogens with one attached hydrogen (secondary N) is 1. The van der Waals surface area contributed by atoms with Crippen LogP contribution in [0.5, 0.6) is 0 Å². The monoisotopic (exact) mass is 215 g/mol. The second kappa shape index (κ2) is 6.46. The Morgan fingerprint density at radius 3 is 2.53 bits per heavy atom. The maximum atomic E-state index is 10.2. The van der Waals surface area contributed by atoms with Gasteiger partial charge in [0.2, 0.25) is 0 Å². The van der Waals surface area contributed by atoms with Crippen molar-refractivity contribution in [3.8, 4) is 0 Å². The van der Waals surface area contributed by atoms with Crippen LogP contribution in [0.1, 0.15) is 51.9 Å². The molecule has 1 saturated carbocycles. The van der Waals surface area contributed by atoms with E-state index in [4.69, 9.17) is 5.11 Å². The van der Waals surface area contributed by atoms with Gasteiger partial charge in [0.1, 0.15) is 0 Å². The molecule has 15 heavy (non-hydrogen) atoms. The standard InChI is InChI=1S/C12H25NO2/c1-11(14)6-5-9-13-10-12(15)7-3-2-4-8-12/h11,13-15H,2-10H2,1H3. The molecule has 1 aliphatic rings. The first-order chi connectivity index (χ1) is 7.12. The molecule has 1 aliphatic carbocycles. The summed E-state index contributed by atoms with van der Waals surface area (Å²) in [6, 6.07) is 0. The van der Waals surface area contributed by atoms with Crippen molar-refractivity contribution < 1.29 is 10.2 Å². The van der Waals surface area contributed by atoms with Crippen LogP contribution in [-0.4, -0.2) is 35.0 Å². The summed E-state index contributed by atoms with van der Waals surface area (Å²) >= 11 is 0. The summed E-state index contributed by atoms with van der Waals surface area (Å²) in [5.74, 6) is 0. The molecule has 0 aromatic carbocycles. The van der Waals surface area contributed by atoms with Crippen molar-refractivity contribution in [2.24, 2.45) is 0 Å². The minimum absolute atomic E-state index is 0.204. The van der Waals surface area contributed by atoms with E-state index in [9.17, 15) is 5.11 Å². The van der Waals surface area contributed by atoms with Crippen molar-refractivity contribution in [1.82, 2.24) is 5.32 Å². The van der Waals surface area contributed by atoms with Gasteiger partial charge in [-0.25, -0.2) is 0 Å². The van der Waals surface area contributed by atoms with Gasteiger partial charge in [-0.3, -0.25) is 0 Å². The Balaban J connectivity index is 2.03. The molecule has 1 unspecified atom stereocenters. The molecule has 0 amide bonds. The fourth-order valence-corrected chi connectivity index (χ4v) is 2.23. The lowest BCUT2D eigenvalue weighted by atomic mass is 9.85. The van der Waals surface area contributed by atoms with Crippen molar-refractivity contribution in [3.05, 3.63) is 0 Å². The van der Waals surface area contributed by atoms with Gasteiger partial charge >= 0.3 is 0 Å². The van der Waals surface area contributed by atoms with Crippen LogP contribution in [0.3, 0.4) is 0 Å². The predicted molar refractivity (Wildman–Crippen MR) is 61.8 cm³/mol. The lowest BCUT2D eigenvalue weighted by Crippen LogP contribution is -2.42. The Morgan fingerprint density at radius 2 is 1.93 bits per heavy atom. The van der Waals surface area contributed by atoms with Crippen LogP contribution < -0.4 is 5.32 Å². The summed E-state index contributed by atoms with van der Waals surface area (Å²) in [6.07, 6.45) is 7.08. The third-order valence-corrected chi connectivity index (χ3v) is 3.21. The van der Waals surface area contributed by atoms with Crippen molar-refractivity contribution in [1.29, 1.82) is 0 Å². The van der Waals surface area contributed by atoms with E-state index in [0.29, 0.717) is 6.54 Å². The highest BCUT2D eigenvalue weighted by Gasteiger charge is 2.28. The van der Waals surface area contributed by atoms with Crippen molar-refractivity contribution in [2.45, 2.75) is 63.6 Å². The number of hydrogen-bond acceptors (Lipinski definition) is 3. The molecule has 1 fully saturated rings. The lowest BCUT2D eigenvalue weighted by Gasteiger charge is -2.32. The maximum absolute atomic E-state index is 10.2. The summed E-state index contributed by atoms with van der Waals surface area (Å²) in [5, 5.41) is 22.5. The topological polar surface area (TPSA) is 52.5 Å². The van der Waals surface area contributed by atoms with E-state index in [-0.39, 0.29) is 6.10 Å². The van der Waals surface area contributed by atoms with Gasteiger partial charge in [0, 0.05) is 6.54 Å². The quantitative estimate of drug-likeness (QED) is 0.588. The summed E-state index contributed by atoms with van der Waals surface area (Å²) in [7, 11) is 0. The highest BCUT2D eigenvalue weighted by Crippen LogP contribution is 2.27. The molecule has 3 nitrogen and oxygen atoms in total. The molecule has 0 spiro atoms. The van der Waals surface area contributed by atoms with Crippen LogP contribution in [0, 0.1) is 0 Å². The first kappa shape index (κ1) is 12.9. The molecule has 1 atom stereocenters. The van der Waals surface area contributed by atoms with Gasteiger partial charge in [0.05, 0.1) is 11.7 Å². The molecule has 0 radical (unpaired) electrons. The summed E-state index contributed by atoms with van der Waals surface area (Å²) < 4.78 is 0. The number of hydrogen-bond donors (Lipinski definition) is 3. The molecule has 0 bridgehead atoms. The molecule has 3 heteroatoms. The zero-order chi connectivity index (χ0) is 11.1. The van der Waals surface area contributed by atoms with Crippen LogP contribution in [-0.2, 0) is 0 Å². The average molecular weight is 215 g/mol. The second-order valence-corrected chi connectivity index (χ2v) is 4.95. The van der Waals surface area contributed by atoms with Crippen LogP contribution in [0.25, 0.3) is 0 Å². The summed E-state index contributed by atoms with van der Waals surface area (Å²) in [5.41, 5.74) is -0.455. The highest BCUT2D eigenvalue weighted by atomic mass is 16.3. The van der Waals surface area contributed by atoms with Gasteiger partial charge in [0.15, 0.2) is 0 Å². The number of aliphatic hydroxyl groups is 2. The third kappa shape index (κ3) is 5.50. The number of aliphatic hydroxyl groups excluding tert-OH is 1. The van der Waals surface area contributed by atoms with Gasteiger partial charge in [-0.1, -0.05) is 19.3 Å². The van der Waals surface area contributed by atoms with Crippen molar-refractivity contribution >= 4 is 0 Å². The largest absolute Gasteiger partial charge is 0.393 e. The van der Waals surface area contributed by atoms with Crippen LogP contribution in [0.15, 0.2) is 0 Å². The molecule has 0 saturated heterocycles. The Labute approximate surface area is 92.9 Å². The smallest absolute Gasteiger partial charge is 0.0771 e. The molecule has 90 valence electrons. The Hall–Kier alpha value is -0.120. The van der Waals surface area contributed by atoms with E-state index in [1.807, 2.05) is 6.92 Å². The fourth-order valence-electron chi connectivity index (χ4n) is 2.23. The van der Waals surface area contributed by atoms with E-state index < -0.39 is 5.60 Å². The van der Waals surface area contributed by atoms with E-state index >= 15 is 0 Å². The van der Waals surface area contributed by atoms with Gasteiger partial charge < -0.3 is 15.5 Å². The minimum Gasteiger partial charge on any atom is -0.393 e. The molecule has 3 N–H and O–H groups in total. The Kier molecular flexibility index (Phi) is 5.58. The van der Waals surface area contributed by atoms with E-state index in [0.717, 1.165) is 45.1 Å². The van der Waals surface area contributed by atoms with Crippen molar-refractivity contribution in [3.63, 3.8) is 0 Å². The predicted octanol–water partition coefficient (Wildman–Crippen LogP) is 1.43. The summed E-state index contributed by atoms with van der Waals surface area (Å²) in [4.78, 5) is 0. The first-order valence-corrected chi connectivity index (χ1v) is 6.24. The zero-order valence-electron chi connectivity index (χ0n) is 9.84. The normalized spacial score (nSPS) is 22.6. The zero-order valence-corrected chi connectivity index (χ0v) is 9.84. The molecular formula is C12H25NO2. The molecule has 0 aromatic rings. The minimum atomic E-state index is -0.455. The summed E-state index contributed by atoms with van der Waals surface area (Å²) in [6.45, 7) is 3.43. The van der Waals surface area contributed by atoms with E-state index in [1.54, 1.807) is 0 Å². The number of rotatable bonds is 6. The maximum Gasteiger partial charge on any atom is 0.0771 e. The molecule has 1 rings (SSSR count). The van der Waals surface area contributed by atoms with Gasteiger partial charge in [-0.05, 0) is 39.2 Å². The van der Waals surface area contributed by atoms with Crippen molar-refractivity contribution in [2.75, 3.05) is 13.1 Å². The highest BCUT2D eigenvalue weighted by molar-refractivity contribution is 4.84.